The molecule has 4 aliphatic carbocycles. The molecule has 5 aliphatic rings. The third-order valence-corrected chi connectivity index (χ3v) is 6.56. The van der Waals surface area contributed by atoms with Gasteiger partial charge in [0.1, 0.15) is 11.9 Å². The van der Waals surface area contributed by atoms with Crippen LogP contribution < -0.4 is 4.74 Å². The zero-order valence-corrected chi connectivity index (χ0v) is 13.5. The highest BCUT2D eigenvalue weighted by Crippen LogP contribution is 2.60. The molecular weight excluding hydrogens is 288 g/mol. The molecule has 2 heterocycles. The minimum atomic E-state index is -0.00593. The van der Waals surface area contributed by atoms with Gasteiger partial charge >= 0.3 is 0 Å². The molecule has 0 unspecified atom stereocenters. The topological polar surface area (TPSA) is 42.4 Å². The molecule has 6 rings (SSSR count). The van der Waals surface area contributed by atoms with Crippen molar-refractivity contribution in [2.24, 2.45) is 23.2 Å². The summed E-state index contributed by atoms with van der Waals surface area (Å²) in [5, 5.41) is 0. The molecule has 0 spiro atoms. The maximum Gasteiger partial charge on any atom is 0.229 e. The van der Waals surface area contributed by atoms with E-state index in [-0.39, 0.29) is 11.5 Å². The number of nitrogens with zero attached hydrogens (tertiary/aromatic N) is 2. The number of amides is 1. The lowest BCUT2D eigenvalue weighted by Crippen LogP contribution is -2.62. The van der Waals surface area contributed by atoms with Crippen LogP contribution in [0.15, 0.2) is 24.5 Å². The first-order valence-corrected chi connectivity index (χ1v) is 9.06. The van der Waals surface area contributed by atoms with Crippen molar-refractivity contribution in [2.75, 3.05) is 13.1 Å². The summed E-state index contributed by atoms with van der Waals surface area (Å²) in [6.45, 7) is 1.49. The lowest BCUT2D eigenvalue weighted by molar-refractivity contribution is -0.166. The molecule has 1 aromatic rings. The van der Waals surface area contributed by atoms with Crippen molar-refractivity contribution in [1.82, 2.24) is 9.88 Å². The average molecular weight is 312 g/mol. The van der Waals surface area contributed by atoms with Gasteiger partial charge in [0.2, 0.25) is 5.91 Å². The Morgan fingerprint density at radius 3 is 2.35 bits per heavy atom. The zero-order valence-electron chi connectivity index (χ0n) is 13.5. The number of aromatic nitrogens is 1. The van der Waals surface area contributed by atoms with Gasteiger partial charge in [-0.25, -0.2) is 0 Å². The molecule has 0 aromatic carbocycles. The SMILES string of the molecule is O=C(N1CC(Oc2cccnc2)C1)C12CC3CC(CC(C3)C1)C2. The number of rotatable bonds is 3. The predicted molar refractivity (Wildman–Crippen MR) is 85.8 cm³/mol. The quantitative estimate of drug-likeness (QED) is 0.862. The van der Waals surface area contributed by atoms with Gasteiger partial charge in [-0.2, -0.15) is 0 Å². The number of hydrogen-bond donors (Lipinski definition) is 0. The Balaban J connectivity index is 1.23. The number of ether oxygens (including phenoxy) is 1. The average Bonchev–Trinajstić information content (AvgIpc) is 2.49. The van der Waals surface area contributed by atoms with Crippen LogP contribution in [0.25, 0.3) is 0 Å². The molecule has 5 fully saturated rings. The third kappa shape index (κ3) is 2.26. The zero-order chi connectivity index (χ0) is 15.4. The van der Waals surface area contributed by atoms with E-state index >= 15 is 0 Å². The summed E-state index contributed by atoms with van der Waals surface area (Å²) < 4.78 is 5.89. The molecule has 122 valence electrons. The molecule has 4 heteroatoms. The summed E-state index contributed by atoms with van der Waals surface area (Å²) in [4.78, 5) is 19.3. The highest BCUT2D eigenvalue weighted by Gasteiger charge is 2.56. The normalized spacial score (nSPS) is 38.4. The van der Waals surface area contributed by atoms with Crippen molar-refractivity contribution in [3.8, 4) is 5.75 Å². The van der Waals surface area contributed by atoms with Gasteiger partial charge in [-0.3, -0.25) is 9.78 Å². The summed E-state index contributed by atoms with van der Waals surface area (Å²) in [6.07, 6.45) is 11.3. The molecular formula is C19H24N2O2. The molecule has 0 radical (unpaired) electrons. The van der Waals surface area contributed by atoms with E-state index in [4.69, 9.17) is 4.74 Å². The fourth-order valence-electron chi connectivity index (χ4n) is 6.00. The van der Waals surface area contributed by atoms with E-state index in [1.54, 1.807) is 12.4 Å². The van der Waals surface area contributed by atoms with Gasteiger partial charge in [-0.05, 0) is 68.4 Å². The summed E-state index contributed by atoms with van der Waals surface area (Å²) >= 11 is 0. The largest absolute Gasteiger partial charge is 0.485 e. The second kappa shape index (κ2) is 4.96. The van der Waals surface area contributed by atoms with E-state index in [9.17, 15) is 4.79 Å². The number of likely N-dealkylation sites (tertiary alicyclic amines) is 1. The maximum absolute atomic E-state index is 13.1. The van der Waals surface area contributed by atoms with E-state index in [0.717, 1.165) is 55.9 Å². The van der Waals surface area contributed by atoms with Gasteiger partial charge in [-0.1, -0.05) is 0 Å². The Morgan fingerprint density at radius 2 is 1.78 bits per heavy atom. The van der Waals surface area contributed by atoms with E-state index in [0.29, 0.717) is 5.91 Å². The van der Waals surface area contributed by atoms with E-state index < -0.39 is 0 Å². The first-order valence-electron chi connectivity index (χ1n) is 9.06. The highest BCUT2D eigenvalue weighted by atomic mass is 16.5. The smallest absolute Gasteiger partial charge is 0.229 e. The number of carbonyl (C=O) groups is 1. The first kappa shape index (κ1) is 13.8. The standard InChI is InChI=1S/C19H24N2O2/c22-18(19-7-13-4-14(8-19)6-15(5-13)9-19)21-11-17(12-21)23-16-2-1-3-20-10-16/h1-3,10,13-15,17H,4-9,11-12H2. The highest BCUT2D eigenvalue weighted by molar-refractivity contribution is 5.84. The second-order valence-electron chi connectivity index (χ2n) is 8.34. The molecule has 23 heavy (non-hydrogen) atoms. The molecule has 0 atom stereocenters. The fourth-order valence-corrected chi connectivity index (χ4v) is 6.00. The maximum atomic E-state index is 13.1. The molecule has 1 aromatic heterocycles. The second-order valence-corrected chi connectivity index (χ2v) is 8.34. The van der Waals surface area contributed by atoms with Crippen molar-refractivity contribution < 1.29 is 9.53 Å². The Bertz CT molecular complexity index is 574. The van der Waals surface area contributed by atoms with E-state index in [2.05, 4.69) is 4.98 Å². The summed E-state index contributed by atoms with van der Waals surface area (Å²) in [6, 6.07) is 3.81. The van der Waals surface area contributed by atoms with Gasteiger partial charge in [-0.15, -0.1) is 0 Å². The number of carbonyl (C=O) groups excluding carboxylic acids is 1. The fraction of sp³-hybridized carbons (Fsp3) is 0.684. The minimum absolute atomic E-state index is 0.00593. The molecule has 4 saturated carbocycles. The van der Waals surface area contributed by atoms with Crippen molar-refractivity contribution in [2.45, 2.75) is 44.6 Å². The summed E-state index contributed by atoms with van der Waals surface area (Å²) in [7, 11) is 0. The Labute approximate surface area is 137 Å². The van der Waals surface area contributed by atoms with Crippen molar-refractivity contribution in [3.05, 3.63) is 24.5 Å². The van der Waals surface area contributed by atoms with Gasteiger partial charge in [0, 0.05) is 6.20 Å². The number of pyridine rings is 1. The van der Waals surface area contributed by atoms with Gasteiger partial charge < -0.3 is 9.64 Å². The molecule has 4 bridgehead atoms. The summed E-state index contributed by atoms with van der Waals surface area (Å²) in [5.41, 5.74) is -0.00593. The Hall–Kier alpha value is -1.58. The molecule has 1 amide bonds. The van der Waals surface area contributed by atoms with Gasteiger partial charge in [0.25, 0.3) is 0 Å². The molecule has 1 saturated heterocycles. The summed E-state index contributed by atoms with van der Waals surface area (Å²) in [5.74, 6) is 3.72. The van der Waals surface area contributed by atoms with Crippen LogP contribution in [-0.4, -0.2) is 35.0 Å². The van der Waals surface area contributed by atoms with Crippen LogP contribution in [-0.2, 0) is 4.79 Å². The monoisotopic (exact) mass is 312 g/mol. The van der Waals surface area contributed by atoms with Crippen molar-refractivity contribution >= 4 is 5.91 Å². The molecule has 4 nitrogen and oxygen atoms in total. The van der Waals surface area contributed by atoms with E-state index in [1.165, 1.54) is 19.3 Å². The Morgan fingerprint density at radius 1 is 1.13 bits per heavy atom. The molecule has 0 N–H and O–H groups in total. The van der Waals surface area contributed by atoms with Crippen LogP contribution >= 0.6 is 0 Å². The van der Waals surface area contributed by atoms with Gasteiger partial charge in [0.15, 0.2) is 0 Å². The van der Waals surface area contributed by atoms with Crippen LogP contribution in [0.3, 0.4) is 0 Å². The number of hydrogen-bond acceptors (Lipinski definition) is 3. The van der Waals surface area contributed by atoms with Crippen molar-refractivity contribution in [1.29, 1.82) is 0 Å². The first-order chi connectivity index (χ1) is 11.2. The Kier molecular flexibility index (Phi) is 2.98. The van der Waals surface area contributed by atoms with Crippen LogP contribution in [0, 0.1) is 23.2 Å². The molecule has 1 aliphatic heterocycles. The van der Waals surface area contributed by atoms with Crippen LogP contribution in [0.5, 0.6) is 5.75 Å². The lowest BCUT2D eigenvalue weighted by Gasteiger charge is -2.57. The lowest BCUT2D eigenvalue weighted by atomic mass is 9.49. The predicted octanol–water partition coefficient (Wildman–Crippen LogP) is 2.89. The van der Waals surface area contributed by atoms with Crippen LogP contribution in [0.2, 0.25) is 0 Å². The third-order valence-electron chi connectivity index (χ3n) is 6.56. The minimum Gasteiger partial charge on any atom is -0.485 e. The van der Waals surface area contributed by atoms with Crippen LogP contribution in [0.4, 0.5) is 0 Å². The van der Waals surface area contributed by atoms with Crippen LogP contribution in [0.1, 0.15) is 38.5 Å². The van der Waals surface area contributed by atoms with Gasteiger partial charge in [0.05, 0.1) is 24.7 Å². The van der Waals surface area contributed by atoms with Crippen molar-refractivity contribution in [3.63, 3.8) is 0 Å². The van der Waals surface area contributed by atoms with E-state index in [1.807, 2.05) is 17.0 Å².